The highest BCUT2D eigenvalue weighted by atomic mass is 16.4. The number of carbonyl (C=O) groups is 1. The van der Waals surface area contributed by atoms with E-state index in [2.05, 4.69) is 9.88 Å². The fraction of sp³-hybridized carbons (Fsp3) is 0.636. The summed E-state index contributed by atoms with van der Waals surface area (Å²) in [6.07, 6.45) is 4.99. The van der Waals surface area contributed by atoms with Gasteiger partial charge in [0.15, 0.2) is 0 Å². The van der Waals surface area contributed by atoms with Crippen molar-refractivity contribution in [3.8, 4) is 0 Å². The van der Waals surface area contributed by atoms with Gasteiger partial charge < -0.3 is 14.6 Å². The summed E-state index contributed by atoms with van der Waals surface area (Å²) in [6.45, 7) is 2.80. The van der Waals surface area contributed by atoms with E-state index in [0.29, 0.717) is 12.3 Å². The smallest absolute Gasteiger partial charge is 0.303 e. The molecule has 1 aromatic rings. The molecule has 5 nitrogen and oxygen atoms in total. The standard InChI is InChI=1S/C11H17N3O2/c1-13-5-3-12-10(13)2-4-14-7-9(8-14)6-11(15)16/h3,5,9H,2,4,6-8H2,1H3,(H,15,16). The Hall–Kier alpha value is -1.36. The molecule has 1 aromatic heterocycles. The highest BCUT2D eigenvalue weighted by molar-refractivity contribution is 5.67. The minimum Gasteiger partial charge on any atom is -0.481 e. The Balaban J connectivity index is 1.67. The summed E-state index contributed by atoms with van der Waals surface area (Å²) in [7, 11) is 1.99. The van der Waals surface area contributed by atoms with E-state index in [1.165, 1.54) is 0 Å². The van der Waals surface area contributed by atoms with E-state index >= 15 is 0 Å². The Kier molecular flexibility index (Phi) is 3.24. The van der Waals surface area contributed by atoms with E-state index in [1.807, 2.05) is 17.8 Å². The molecule has 88 valence electrons. The number of aromatic nitrogens is 2. The minimum absolute atomic E-state index is 0.304. The van der Waals surface area contributed by atoms with Crippen LogP contribution in [0.15, 0.2) is 12.4 Å². The highest BCUT2D eigenvalue weighted by Gasteiger charge is 2.28. The van der Waals surface area contributed by atoms with Gasteiger partial charge in [0, 0.05) is 45.5 Å². The molecule has 2 heterocycles. The van der Waals surface area contributed by atoms with E-state index in [1.54, 1.807) is 6.20 Å². The first-order chi connectivity index (χ1) is 7.65. The molecule has 5 heteroatoms. The molecule has 0 spiro atoms. The summed E-state index contributed by atoms with van der Waals surface area (Å²) in [6, 6.07) is 0. The zero-order chi connectivity index (χ0) is 11.5. The molecular weight excluding hydrogens is 206 g/mol. The van der Waals surface area contributed by atoms with Crippen molar-refractivity contribution in [2.24, 2.45) is 13.0 Å². The van der Waals surface area contributed by atoms with Gasteiger partial charge >= 0.3 is 5.97 Å². The van der Waals surface area contributed by atoms with Crippen molar-refractivity contribution in [1.82, 2.24) is 14.5 Å². The number of aryl methyl sites for hydroxylation is 1. The third-order valence-electron chi connectivity index (χ3n) is 3.07. The van der Waals surface area contributed by atoms with Crippen LogP contribution in [-0.4, -0.2) is 45.2 Å². The molecule has 1 saturated heterocycles. The summed E-state index contributed by atoms with van der Waals surface area (Å²) in [5, 5.41) is 8.62. The summed E-state index contributed by atoms with van der Waals surface area (Å²) >= 11 is 0. The van der Waals surface area contributed by atoms with Gasteiger partial charge in [-0.05, 0) is 5.92 Å². The minimum atomic E-state index is -0.686. The quantitative estimate of drug-likeness (QED) is 0.783. The summed E-state index contributed by atoms with van der Waals surface area (Å²) in [5.74, 6) is 0.745. The van der Waals surface area contributed by atoms with Crippen molar-refractivity contribution < 1.29 is 9.90 Å². The van der Waals surface area contributed by atoms with Crippen LogP contribution >= 0.6 is 0 Å². The van der Waals surface area contributed by atoms with Gasteiger partial charge in [0.1, 0.15) is 5.82 Å². The Bertz CT molecular complexity index is 369. The fourth-order valence-corrected chi connectivity index (χ4v) is 2.13. The molecule has 0 aliphatic carbocycles. The van der Waals surface area contributed by atoms with Crippen molar-refractivity contribution >= 4 is 5.97 Å². The van der Waals surface area contributed by atoms with Crippen molar-refractivity contribution in [3.05, 3.63) is 18.2 Å². The average Bonchev–Trinajstić information content (AvgIpc) is 2.55. The molecule has 0 aromatic carbocycles. The number of imidazole rings is 1. The normalized spacial score (nSPS) is 17.3. The first kappa shape index (κ1) is 11.1. The molecule has 1 N–H and O–H groups in total. The van der Waals surface area contributed by atoms with Crippen LogP contribution in [0.3, 0.4) is 0 Å². The van der Waals surface area contributed by atoms with E-state index in [9.17, 15) is 4.79 Å². The molecule has 0 atom stereocenters. The number of carboxylic acid groups (broad SMARTS) is 1. The van der Waals surface area contributed by atoms with Gasteiger partial charge in [0.25, 0.3) is 0 Å². The molecule has 2 rings (SSSR count). The number of hydrogen-bond acceptors (Lipinski definition) is 3. The third kappa shape index (κ3) is 2.61. The lowest BCUT2D eigenvalue weighted by Crippen LogP contribution is -2.48. The second kappa shape index (κ2) is 4.65. The van der Waals surface area contributed by atoms with Crippen LogP contribution < -0.4 is 0 Å². The number of carboxylic acids is 1. The monoisotopic (exact) mass is 223 g/mol. The Morgan fingerprint density at radius 3 is 2.94 bits per heavy atom. The van der Waals surface area contributed by atoms with Crippen molar-refractivity contribution in [2.75, 3.05) is 19.6 Å². The fourth-order valence-electron chi connectivity index (χ4n) is 2.13. The van der Waals surface area contributed by atoms with Crippen molar-refractivity contribution in [2.45, 2.75) is 12.8 Å². The van der Waals surface area contributed by atoms with Crippen LogP contribution in [0.25, 0.3) is 0 Å². The van der Waals surface area contributed by atoms with Gasteiger partial charge in [-0.3, -0.25) is 4.79 Å². The SMILES string of the molecule is Cn1ccnc1CCN1CC(CC(=O)O)C1. The van der Waals surface area contributed by atoms with E-state index in [4.69, 9.17) is 5.11 Å². The zero-order valence-corrected chi connectivity index (χ0v) is 9.46. The van der Waals surface area contributed by atoms with Gasteiger partial charge in [-0.1, -0.05) is 0 Å². The first-order valence-electron chi connectivity index (χ1n) is 5.55. The largest absolute Gasteiger partial charge is 0.481 e. The van der Waals surface area contributed by atoms with Gasteiger partial charge in [0.2, 0.25) is 0 Å². The number of aliphatic carboxylic acids is 1. The molecule has 1 aliphatic heterocycles. The van der Waals surface area contributed by atoms with Crippen molar-refractivity contribution in [3.63, 3.8) is 0 Å². The first-order valence-corrected chi connectivity index (χ1v) is 5.55. The zero-order valence-electron chi connectivity index (χ0n) is 9.46. The number of likely N-dealkylation sites (tertiary alicyclic amines) is 1. The summed E-state index contributed by atoms with van der Waals surface area (Å²) < 4.78 is 2.02. The van der Waals surface area contributed by atoms with Gasteiger partial charge in [-0.25, -0.2) is 4.98 Å². The highest BCUT2D eigenvalue weighted by Crippen LogP contribution is 2.18. The van der Waals surface area contributed by atoms with Crippen LogP contribution in [0.4, 0.5) is 0 Å². The Morgan fingerprint density at radius 1 is 1.62 bits per heavy atom. The average molecular weight is 223 g/mol. The second-order valence-corrected chi connectivity index (χ2v) is 4.43. The Labute approximate surface area is 94.7 Å². The van der Waals surface area contributed by atoms with Crippen LogP contribution in [0.1, 0.15) is 12.2 Å². The van der Waals surface area contributed by atoms with Crippen LogP contribution in [0.2, 0.25) is 0 Å². The van der Waals surface area contributed by atoms with Crippen molar-refractivity contribution in [1.29, 1.82) is 0 Å². The molecule has 0 radical (unpaired) electrons. The molecule has 0 saturated carbocycles. The maximum absolute atomic E-state index is 10.5. The number of nitrogens with zero attached hydrogens (tertiary/aromatic N) is 3. The molecule has 16 heavy (non-hydrogen) atoms. The second-order valence-electron chi connectivity index (χ2n) is 4.43. The Morgan fingerprint density at radius 2 is 2.38 bits per heavy atom. The maximum Gasteiger partial charge on any atom is 0.303 e. The third-order valence-corrected chi connectivity index (χ3v) is 3.07. The van der Waals surface area contributed by atoms with Gasteiger partial charge in [0.05, 0.1) is 6.42 Å². The number of hydrogen-bond donors (Lipinski definition) is 1. The number of rotatable bonds is 5. The predicted octanol–water partition coefficient (Wildman–Crippen LogP) is 0.369. The molecular formula is C11H17N3O2. The molecule has 0 unspecified atom stereocenters. The lowest BCUT2D eigenvalue weighted by atomic mass is 9.96. The van der Waals surface area contributed by atoms with Crippen LogP contribution in [0, 0.1) is 5.92 Å². The predicted molar refractivity (Wildman–Crippen MR) is 59.1 cm³/mol. The molecule has 1 fully saturated rings. The summed E-state index contributed by atoms with van der Waals surface area (Å²) in [5.41, 5.74) is 0. The van der Waals surface area contributed by atoms with Crippen LogP contribution in [0.5, 0.6) is 0 Å². The molecule has 0 amide bonds. The topological polar surface area (TPSA) is 58.4 Å². The van der Waals surface area contributed by atoms with E-state index in [-0.39, 0.29) is 0 Å². The molecule has 1 aliphatic rings. The maximum atomic E-state index is 10.5. The lowest BCUT2D eigenvalue weighted by Gasteiger charge is -2.38. The summed E-state index contributed by atoms with van der Waals surface area (Å²) in [4.78, 5) is 17.0. The molecule has 0 bridgehead atoms. The van der Waals surface area contributed by atoms with E-state index in [0.717, 1.165) is 31.9 Å². The van der Waals surface area contributed by atoms with Gasteiger partial charge in [-0.15, -0.1) is 0 Å². The van der Waals surface area contributed by atoms with Crippen LogP contribution in [-0.2, 0) is 18.3 Å². The van der Waals surface area contributed by atoms with Gasteiger partial charge in [-0.2, -0.15) is 0 Å². The van der Waals surface area contributed by atoms with E-state index < -0.39 is 5.97 Å². The lowest BCUT2D eigenvalue weighted by molar-refractivity contribution is -0.139.